The Hall–Kier alpha value is -0.0900. The Kier molecular flexibility index (Phi) is 5.61. The SMILES string of the molecule is CNCCCS(=O)c1ccc(Cl)c(Cl)c1. The first-order valence-corrected chi connectivity index (χ1v) is 6.70. The third-order valence-electron chi connectivity index (χ3n) is 1.91. The topological polar surface area (TPSA) is 29.1 Å². The molecule has 0 aliphatic rings. The third-order valence-corrected chi connectivity index (χ3v) is 4.09. The quantitative estimate of drug-likeness (QED) is 0.830. The van der Waals surface area contributed by atoms with Crippen molar-refractivity contribution in [2.75, 3.05) is 19.3 Å². The maximum Gasteiger partial charge on any atom is 0.0604 e. The zero-order valence-corrected chi connectivity index (χ0v) is 10.8. The Bertz CT molecular complexity index is 357. The Morgan fingerprint density at radius 3 is 2.67 bits per heavy atom. The standard InChI is InChI=1S/C10H13Cl2NOS/c1-13-5-2-6-15(14)8-3-4-9(11)10(12)7-8/h3-4,7,13H,2,5-6H2,1H3. The minimum absolute atomic E-state index is 0.455. The Labute approximate surface area is 102 Å². The molecule has 0 aromatic heterocycles. The molecule has 0 amide bonds. The van der Waals surface area contributed by atoms with Gasteiger partial charge in [0.1, 0.15) is 0 Å². The van der Waals surface area contributed by atoms with Gasteiger partial charge in [-0.15, -0.1) is 0 Å². The molecule has 0 saturated heterocycles. The van der Waals surface area contributed by atoms with E-state index in [1.807, 2.05) is 7.05 Å². The molecule has 15 heavy (non-hydrogen) atoms. The van der Waals surface area contributed by atoms with Crippen molar-refractivity contribution in [1.29, 1.82) is 0 Å². The van der Waals surface area contributed by atoms with Crippen LogP contribution in [-0.2, 0) is 10.8 Å². The van der Waals surface area contributed by atoms with Crippen molar-refractivity contribution in [2.24, 2.45) is 0 Å². The van der Waals surface area contributed by atoms with Gasteiger partial charge >= 0.3 is 0 Å². The molecular formula is C10H13Cl2NOS. The Balaban J connectivity index is 2.62. The number of hydrogen-bond donors (Lipinski definition) is 1. The lowest BCUT2D eigenvalue weighted by atomic mass is 10.4. The van der Waals surface area contributed by atoms with Crippen LogP contribution in [0.3, 0.4) is 0 Å². The van der Waals surface area contributed by atoms with Gasteiger partial charge in [0.25, 0.3) is 0 Å². The molecule has 2 nitrogen and oxygen atoms in total. The van der Waals surface area contributed by atoms with E-state index >= 15 is 0 Å². The molecule has 0 aliphatic carbocycles. The average molecular weight is 266 g/mol. The van der Waals surface area contributed by atoms with Gasteiger partial charge in [0.05, 0.1) is 20.8 Å². The molecule has 0 radical (unpaired) electrons. The van der Waals surface area contributed by atoms with E-state index in [1.54, 1.807) is 18.2 Å². The first-order valence-electron chi connectivity index (χ1n) is 4.63. The maximum absolute atomic E-state index is 11.8. The predicted octanol–water partition coefficient (Wildman–Crippen LogP) is 2.71. The molecule has 0 bridgehead atoms. The van der Waals surface area contributed by atoms with Gasteiger partial charge in [-0.2, -0.15) is 0 Å². The molecule has 0 spiro atoms. The summed E-state index contributed by atoms with van der Waals surface area (Å²) in [5.74, 6) is 0.638. The summed E-state index contributed by atoms with van der Waals surface area (Å²) in [6, 6.07) is 5.10. The zero-order valence-electron chi connectivity index (χ0n) is 8.43. The van der Waals surface area contributed by atoms with Crippen LogP contribution in [0.4, 0.5) is 0 Å². The second-order valence-corrected chi connectivity index (χ2v) is 5.47. The molecule has 1 aromatic carbocycles. The van der Waals surface area contributed by atoms with E-state index in [0.717, 1.165) is 17.9 Å². The number of hydrogen-bond acceptors (Lipinski definition) is 2. The second kappa shape index (κ2) is 6.48. The van der Waals surface area contributed by atoms with E-state index in [2.05, 4.69) is 5.32 Å². The van der Waals surface area contributed by atoms with E-state index in [9.17, 15) is 4.21 Å². The molecule has 1 unspecified atom stereocenters. The van der Waals surface area contributed by atoms with Gasteiger partial charge < -0.3 is 5.32 Å². The minimum Gasteiger partial charge on any atom is -0.320 e. The number of benzene rings is 1. The largest absolute Gasteiger partial charge is 0.320 e. The predicted molar refractivity (Wildman–Crippen MR) is 66.3 cm³/mol. The molecule has 1 N–H and O–H groups in total. The third kappa shape index (κ3) is 4.11. The summed E-state index contributed by atoms with van der Waals surface area (Å²) in [5, 5.41) is 3.96. The van der Waals surface area contributed by atoms with Gasteiger partial charge in [0, 0.05) is 10.6 Å². The fourth-order valence-electron chi connectivity index (χ4n) is 1.12. The lowest BCUT2D eigenvalue weighted by Gasteiger charge is -2.03. The monoisotopic (exact) mass is 265 g/mol. The molecule has 5 heteroatoms. The molecule has 84 valence electrons. The van der Waals surface area contributed by atoms with Crippen molar-refractivity contribution in [3.63, 3.8) is 0 Å². The smallest absolute Gasteiger partial charge is 0.0604 e. The normalized spacial score (nSPS) is 12.7. The van der Waals surface area contributed by atoms with Gasteiger partial charge in [-0.25, -0.2) is 0 Å². The average Bonchev–Trinajstić information content (AvgIpc) is 2.22. The highest BCUT2D eigenvalue weighted by Crippen LogP contribution is 2.24. The Morgan fingerprint density at radius 1 is 1.33 bits per heavy atom. The van der Waals surface area contributed by atoms with Gasteiger partial charge in [-0.05, 0) is 38.2 Å². The lowest BCUT2D eigenvalue weighted by molar-refractivity contribution is 0.677. The van der Waals surface area contributed by atoms with Crippen molar-refractivity contribution in [3.8, 4) is 0 Å². The summed E-state index contributed by atoms with van der Waals surface area (Å²) >= 11 is 11.6. The fraction of sp³-hybridized carbons (Fsp3) is 0.400. The van der Waals surface area contributed by atoms with Crippen molar-refractivity contribution >= 4 is 34.0 Å². The van der Waals surface area contributed by atoms with Crippen LogP contribution in [0.15, 0.2) is 23.1 Å². The fourth-order valence-corrected chi connectivity index (χ4v) is 2.59. The summed E-state index contributed by atoms with van der Waals surface area (Å²) in [4.78, 5) is 0.737. The molecule has 1 rings (SSSR count). The second-order valence-electron chi connectivity index (χ2n) is 3.08. The maximum atomic E-state index is 11.8. The van der Waals surface area contributed by atoms with Gasteiger partial charge in [0.2, 0.25) is 0 Å². The highest BCUT2D eigenvalue weighted by molar-refractivity contribution is 7.85. The minimum atomic E-state index is -0.987. The van der Waals surface area contributed by atoms with E-state index in [4.69, 9.17) is 23.2 Å². The summed E-state index contributed by atoms with van der Waals surface area (Å²) in [6.45, 7) is 0.868. The van der Waals surface area contributed by atoms with Crippen molar-refractivity contribution < 1.29 is 4.21 Å². The summed E-state index contributed by atoms with van der Waals surface area (Å²) in [6.07, 6.45) is 0.878. The molecule has 0 fully saturated rings. The van der Waals surface area contributed by atoms with Gasteiger partial charge in [-0.3, -0.25) is 4.21 Å². The van der Waals surface area contributed by atoms with E-state index < -0.39 is 10.8 Å². The molecule has 0 saturated carbocycles. The molecule has 0 heterocycles. The van der Waals surface area contributed by atoms with Crippen LogP contribution in [0.1, 0.15) is 6.42 Å². The van der Waals surface area contributed by atoms with Crippen molar-refractivity contribution in [2.45, 2.75) is 11.3 Å². The van der Waals surface area contributed by atoms with Gasteiger partial charge in [0.15, 0.2) is 0 Å². The highest BCUT2D eigenvalue weighted by atomic mass is 35.5. The van der Waals surface area contributed by atoms with Crippen LogP contribution < -0.4 is 5.32 Å². The van der Waals surface area contributed by atoms with Crippen LogP contribution in [0.25, 0.3) is 0 Å². The van der Waals surface area contributed by atoms with Crippen LogP contribution in [-0.4, -0.2) is 23.6 Å². The van der Waals surface area contributed by atoms with E-state index in [0.29, 0.717) is 15.8 Å². The number of nitrogens with one attached hydrogen (secondary N) is 1. The molecule has 0 aliphatic heterocycles. The summed E-state index contributed by atoms with van der Waals surface area (Å²) < 4.78 is 11.8. The van der Waals surface area contributed by atoms with E-state index in [1.165, 1.54) is 0 Å². The summed E-state index contributed by atoms with van der Waals surface area (Å²) in [7, 11) is 0.891. The van der Waals surface area contributed by atoms with Crippen molar-refractivity contribution in [3.05, 3.63) is 28.2 Å². The molecular weight excluding hydrogens is 253 g/mol. The highest BCUT2D eigenvalue weighted by Gasteiger charge is 2.05. The van der Waals surface area contributed by atoms with Crippen LogP contribution in [0, 0.1) is 0 Å². The van der Waals surface area contributed by atoms with Crippen molar-refractivity contribution in [1.82, 2.24) is 5.32 Å². The zero-order chi connectivity index (χ0) is 11.3. The number of halogens is 2. The molecule has 1 atom stereocenters. The van der Waals surface area contributed by atoms with Crippen LogP contribution in [0.5, 0.6) is 0 Å². The molecule has 1 aromatic rings. The number of rotatable bonds is 5. The van der Waals surface area contributed by atoms with Crippen LogP contribution >= 0.6 is 23.2 Å². The van der Waals surface area contributed by atoms with E-state index in [-0.39, 0.29) is 0 Å². The first kappa shape index (κ1) is 13.0. The summed E-state index contributed by atoms with van der Waals surface area (Å²) in [5.41, 5.74) is 0. The van der Waals surface area contributed by atoms with Crippen LogP contribution in [0.2, 0.25) is 10.0 Å². The van der Waals surface area contributed by atoms with Gasteiger partial charge in [-0.1, -0.05) is 23.2 Å². The first-order chi connectivity index (χ1) is 7.15. The lowest BCUT2D eigenvalue weighted by Crippen LogP contribution is -2.11. The Morgan fingerprint density at radius 2 is 2.07 bits per heavy atom.